The van der Waals surface area contributed by atoms with E-state index in [2.05, 4.69) is 10.3 Å². The van der Waals surface area contributed by atoms with Gasteiger partial charge in [0.2, 0.25) is 5.91 Å². The number of amides is 1. The number of rotatable bonds is 4. The number of nitrogens with zero attached hydrogens (tertiary/aromatic N) is 2. The summed E-state index contributed by atoms with van der Waals surface area (Å²) in [7, 11) is 1.89. The molecule has 3 rings (SSSR count). The fraction of sp³-hybridized carbons (Fsp3) is 0.125. The molecular formula is C16H11Cl4N3OS. The number of nitrogens with one attached hydrogen (secondary N) is 1. The van der Waals surface area contributed by atoms with Crippen LogP contribution in [0, 0.1) is 0 Å². The van der Waals surface area contributed by atoms with E-state index in [0.29, 0.717) is 20.9 Å². The molecule has 0 radical (unpaired) electrons. The Bertz CT molecular complexity index is 950. The van der Waals surface area contributed by atoms with Gasteiger partial charge >= 0.3 is 0 Å². The van der Waals surface area contributed by atoms with Gasteiger partial charge in [-0.1, -0.05) is 58.2 Å². The largest absolute Gasteiger partial charge is 0.323 e. The summed E-state index contributed by atoms with van der Waals surface area (Å²) in [5, 5.41) is 5.00. The lowest BCUT2D eigenvalue weighted by Gasteiger charge is -2.09. The van der Waals surface area contributed by atoms with E-state index in [-0.39, 0.29) is 21.7 Å². The third-order valence-corrected chi connectivity index (χ3v) is 5.48. The maximum Gasteiger partial charge on any atom is 0.234 e. The van der Waals surface area contributed by atoms with Crippen molar-refractivity contribution in [3.8, 4) is 0 Å². The van der Waals surface area contributed by atoms with E-state index in [1.54, 1.807) is 12.1 Å². The van der Waals surface area contributed by atoms with Gasteiger partial charge in [-0.3, -0.25) is 4.79 Å². The topological polar surface area (TPSA) is 46.9 Å². The molecule has 0 spiro atoms. The maximum atomic E-state index is 12.2. The number of aryl methyl sites for hydroxylation is 1. The van der Waals surface area contributed by atoms with Crippen LogP contribution in [0.25, 0.3) is 11.0 Å². The number of thioether (sulfide) groups is 1. The second-order valence-corrected chi connectivity index (χ2v) is 7.80. The quantitative estimate of drug-likeness (QED) is 0.518. The number of hydrogen-bond donors (Lipinski definition) is 1. The van der Waals surface area contributed by atoms with Crippen molar-refractivity contribution >= 4 is 80.8 Å². The Kier molecular flexibility index (Phi) is 5.71. The fourth-order valence-electron chi connectivity index (χ4n) is 2.25. The molecule has 9 heteroatoms. The first-order valence-corrected chi connectivity index (χ1v) is 9.54. The summed E-state index contributed by atoms with van der Waals surface area (Å²) in [6, 6.07) is 8.52. The van der Waals surface area contributed by atoms with Crippen LogP contribution in [0.15, 0.2) is 35.5 Å². The first kappa shape index (κ1) is 18.7. The van der Waals surface area contributed by atoms with Crippen molar-refractivity contribution in [2.75, 3.05) is 11.1 Å². The van der Waals surface area contributed by atoms with Crippen molar-refractivity contribution in [2.24, 2.45) is 7.05 Å². The van der Waals surface area contributed by atoms with Gasteiger partial charge in [0.1, 0.15) is 0 Å². The van der Waals surface area contributed by atoms with Crippen LogP contribution in [-0.2, 0) is 11.8 Å². The molecule has 0 saturated heterocycles. The first-order chi connectivity index (χ1) is 11.8. The highest BCUT2D eigenvalue weighted by Crippen LogP contribution is 2.34. The van der Waals surface area contributed by atoms with E-state index in [1.165, 1.54) is 23.9 Å². The Morgan fingerprint density at radius 1 is 1.12 bits per heavy atom. The van der Waals surface area contributed by atoms with Gasteiger partial charge in [0.15, 0.2) is 5.16 Å². The van der Waals surface area contributed by atoms with Crippen LogP contribution in [0.2, 0.25) is 20.1 Å². The number of carbonyl (C=O) groups is 1. The first-order valence-electron chi connectivity index (χ1n) is 7.04. The highest BCUT2D eigenvalue weighted by Gasteiger charge is 2.14. The van der Waals surface area contributed by atoms with Gasteiger partial charge in [0, 0.05) is 17.1 Å². The molecule has 1 amide bonds. The zero-order valence-electron chi connectivity index (χ0n) is 12.8. The van der Waals surface area contributed by atoms with Crippen molar-refractivity contribution in [1.29, 1.82) is 0 Å². The molecule has 0 bridgehead atoms. The number of aromatic nitrogens is 2. The summed E-state index contributed by atoms with van der Waals surface area (Å²) < 4.78 is 1.91. The minimum Gasteiger partial charge on any atom is -0.323 e. The molecule has 1 N–H and O–H groups in total. The lowest BCUT2D eigenvalue weighted by molar-refractivity contribution is -0.113. The summed E-state index contributed by atoms with van der Waals surface area (Å²) in [6.45, 7) is 0. The molecule has 130 valence electrons. The fourth-order valence-corrected chi connectivity index (χ4v) is 4.11. The smallest absolute Gasteiger partial charge is 0.234 e. The number of halogens is 4. The highest BCUT2D eigenvalue weighted by molar-refractivity contribution is 7.99. The Morgan fingerprint density at radius 3 is 2.48 bits per heavy atom. The van der Waals surface area contributed by atoms with E-state index >= 15 is 0 Å². The summed E-state index contributed by atoms with van der Waals surface area (Å²) in [4.78, 5) is 16.7. The molecule has 0 fully saturated rings. The number of fused-ring (bicyclic) bond motifs is 1. The minimum absolute atomic E-state index is 0.153. The highest BCUT2D eigenvalue weighted by atomic mass is 35.5. The number of imidazole rings is 1. The third kappa shape index (κ3) is 4.18. The molecule has 3 aromatic rings. The Labute approximate surface area is 168 Å². The van der Waals surface area contributed by atoms with Gasteiger partial charge in [0.05, 0.1) is 32.5 Å². The molecule has 0 saturated carbocycles. The normalized spacial score (nSPS) is 11.1. The lowest BCUT2D eigenvalue weighted by Crippen LogP contribution is -2.15. The molecule has 1 heterocycles. The minimum atomic E-state index is -0.249. The monoisotopic (exact) mass is 433 g/mol. The van der Waals surface area contributed by atoms with Crippen LogP contribution in [0.4, 0.5) is 5.69 Å². The molecular weight excluding hydrogens is 424 g/mol. The summed E-state index contributed by atoms with van der Waals surface area (Å²) in [5.41, 5.74) is 2.06. The number of hydrogen-bond acceptors (Lipinski definition) is 3. The second kappa shape index (κ2) is 7.64. The summed E-state index contributed by atoms with van der Waals surface area (Å²) in [6.07, 6.45) is 0. The number of anilines is 1. The Balaban J connectivity index is 1.72. The van der Waals surface area contributed by atoms with Gasteiger partial charge in [0.25, 0.3) is 0 Å². The zero-order valence-corrected chi connectivity index (χ0v) is 16.7. The van der Waals surface area contributed by atoms with Gasteiger partial charge in [-0.15, -0.1) is 0 Å². The van der Waals surface area contributed by atoms with Crippen molar-refractivity contribution in [3.63, 3.8) is 0 Å². The number of carbonyl (C=O) groups excluding carboxylic acids is 1. The van der Waals surface area contributed by atoms with E-state index in [4.69, 9.17) is 46.4 Å². The molecule has 0 atom stereocenters. The van der Waals surface area contributed by atoms with E-state index in [9.17, 15) is 4.79 Å². The van der Waals surface area contributed by atoms with Crippen LogP contribution in [-0.4, -0.2) is 21.2 Å². The standard InChI is InChI=1S/C16H11Cl4N3OS/c1-23-13-3-2-8(17)6-12(13)21-16(23)25-7-14(24)22-15-10(19)4-9(18)5-11(15)20/h2-6H,7H2,1H3,(H,22,24). The zero-order chi connectivity index (χ0) is 18.1. The molecule has 0 aliphatic carbocycles. The average molecular weight is 435 g/mol. The van der Waals surface area contributed by atoms with Gasteiger partial charge in [-0.05, 0) is 30.3 Å². The van der Waals surface area contributed by atoms with Gasteiger partial charge in [-0.2, -0.15) is 0 Å². The van der Waals surface area contributed by atoms with Gasteiger partial charge < -0.3 is 9.88 Å². The molecule has 0 unspecified atom stereocenters. The maximum absolute atomic E-state index is 12.2. The van der Waals surface area contributed by atoms with Crippen molar-refractivity contribution in [2.45, 2.75) is 5.16 Å². The molecule has 25 heavy (non-hydrogen) atoms. The summed E-state index contributed by atoms with van der Waals surface area (Å²) in [5.74, 6) is -0.0959. The predicted octanol–water partition coefficient (Wildman–Crippen LogP) is 5.92. The van der Waals surface area contributed by atoms with Crippen molar-refractivity contribution in [3.05, 3.63) is 50.4 Å². The average Bonchev–Trinajstić information content (AvgIpc) is 2.84. The third-order valence-electron chi connectivity index (χ3n) is 3.41. The second-order valence-electron chi connectivity index (χ2n) is 5.17. The van der Waals surface area contributed by atoms with Crippen LogP contribution in [0.5, 0.6) is 0 Å². The predicted molar refractivity (Wildman–Crippen MR) is 107 cm³/mol. The Morgan fingerprint density at radius 2 is 1.80 bits per heavy atom. The summed E-state index contributed by atoms with van der Waals surface area (Å²) >= 11 is 25.3. The number of benzene rings is 2. The van der Waals surface area contributed by atoms with Gasteiger partial charge in [-0.25, -0.2) is 4.98 Å². The van der Waals surface area contributed by atoms with Crippen LogP contribution >= 0.6 is 58.2 Å². The Hall–Kier alpha value is -1.11. The van der Waals surface area contributed by atoms with Crippen molar-refractivity contribution in [1.82, 2.24) is 9.55 Å². The van der Waals surface area contributed by atoms with E-state index < -0.39 is 0 Å². The van der Waals surface area contributed by atoms with E-state index in [1.807, 2.05) is 17.7 Å². The SMILES string of the molecule is Cn1c(SCC(=O)Nc2c(Cl)cc(Cl)cc2Cl)nc2cc(Cl)ccc21. The molecule has 0 aliphatic rings. The van der Waals surface area contributed by atoms with Crippen LogP contribution in [0.3, 0.4) is 0 Å². The molecule has 2 aromatic carbocycles. The van der Waals surface area contributed by atoms with Crippen LogP contribution in [0.1, 0.15) is 0 Å². The molecule has 4 nitrogen and oxygen atoms in total. The molecule has 1 aromatic heterocycles. The van der Waals surface area contributed by atoms with Crippen molar-refractivity contribution < 1.29 is 4.79 Å². The van der Waals surface area contributed by atoms with E-state index in [0.717, 1.165) is 11.0 Å². The lowest BCUT2D eigenvalue weighted by atomic mass is 10.3. The van der Waals surface area contributed by atoms with Crippen LogP contribution < -0.4 is 5.32 Å². The molecule has 0 aliphatic heterocycles.